The molecule has 1 nitrogen and oxygen atoms in total. The van der Waals surface area contributed by atoms with E-state index in [1.54, 1.807) is 0 Å². The summed E-state index contributed by atoms with van der Waals surface area (Å²) in [6.07, 6.45) is 0. The Labute approximate surface area is 328 Å². The summed E-state index contributed by atoms with van der Waals surface area (Å²) in [7, 11) is 0. The van der Waals surface area contributed by atoms with Crippen molar-refractivity contribution >= 4 is 49.4 Å². The van der Waals surface area contributed by atoms with Gasteiger partial charge in [-0.15, -0.1) is 0 Å². The molecule has 0 spiro atoms. The fourth-order valence-corrected chi connectivity index (χ4v) is 8.76. The van der Waals surface area contributed by atoms with E-state index in [1.807, 2.05) is 0 Å². The van der Waals surface area contributed by atoms with Crippen molar-refractivity contribution in [2.24, 2.45) is 0 Å². The average Bonchev–Trinajstić information content (AvgIpc) is 3.28. The normalized spacial score (nSPS) is 11.6. The van der Waals surface area contributed by atoms with Crippen molar-refractivity contribution in [2.75, 3.05) is 4.90 Å². The lowest BCUT2D eigenvalue weighted by molar-refractivity contribution is 0.745. The molecule has 10 aromatic rings. The van der Waals surface area contributed by atoms with Crippen LogP contribution in [0.4, 0.5) is 17.1 Å². The minimum Gasteiger partial charge on any atom is -0.310 e. The summed E-state index contributed by atoms with van der Waals surface area (Å²) in [6.45, 7) is 0. The van der Waals surface area contributed by atoms with Crippen molar-refractivity contribution in [1.29, 1.82) is 0 Å². The Bertz CT molecular complexity index is 2850. The van der Waals surface area contributed by atoms with E-state index in [9.17, 15) is 0 Å². The summed E-state index contributed by atoms with van der Waals surface area (Å²) in [5, 5.41) is 7.40. The second-order valence-electron chi connectivity index (χ2n) is 14.5. The molecular formula is C55H39N. The highest BCUT2D eigenvalue weighted by Crippen LogP contribution is 2.48. The molecule has 0 N–H and O–H groups in total. The second kappa shape index (κ2) is 14.2. The summed E-state index contributed by atoms with van der Waals surface area (Å²) in [6, 6.07) is 86.4. The smallest absolute Gasteiger partial charge is 0.0702 e. The van der Waals surface area contributed by atoms with Crippen LogP contribution < -0.4 is 4.90 Å². The van der Waals surface area contributed by atoms with Crippen LogP contribution >= 0.6 is 0 Å². The van der Waals surface area contributed by atoms with Gasteiger partial charge in [-0.2, -0.15) is 0 Å². The van der Waals surface area contributed by atoms with Crippen molar-refractivity contribution in [3.05, 3.63) is 259 Å². The zero-order valence-electron chi connectivity index (χ0n) is 31.0. The lowest BCUT2D eigenvalue weighted by Crippen LogP contribution is -2.31. The van der Waals surface area contributed by atoms with Gasteiger partial charge in [0.1, 0.15) is 0 Å². The first-order chi connectivity index (χ1) is 27.8. The Morgan fingerprint density at radius 2 is 0.768 bits per heavy atom. The molecule has 0 saturated carbocycles. The number of fused-ring (bicyclic) bond motifs is 4. The summed E-state index contributed by atoms with van der Waals surface area (Å²) in [5.41, 5.74) is 10.0. The molecule has 0 fully saturated rings. The topological polar surface area (TPSA) is 3.24 Å². The monoisotopic (exact) mass is 713 g/mol. The van der Waals surface area contributed by atoms with Crippen LogP contribution in [-0.2, 0) is 5.41 Å². The maximum absolute atomic E-state index is 2.45. The van der Waals surface area contributed by atoms with E-state index in [0.717, 1.165) is 17.1 Å². The van der Waals surface area contributed by atoms with Crippen LogP contribution in [-0.4, -0.2) is 0 Å². The first kappa shape index (κ1) is 33.4. The highest BCUT2D eigenvalue weighted by Gasteiger charge is 2.38. The zero-order chi connectivity index (χ0) is 37.3. The lowest BCUT2D eigenvalue weighted by atomic mass is 9.65. The predicted octanol–water partition coefficient (Wildman–Crippen LogP) is 14.7. The second-order valence-corrected chi connectivity index (χ2v) is 14.5. The van der Waals surface area contributed by atoms with Gasteiger partial charge in [0, 0.05) is 16.8 Å². The molecule has 0 amide bonds. The van der Waals surface area contributed by atoms with Crippen LogP contribution in [0, 0.1) is 0 Å². The number of hydrogen-bond donors (Lipinski definition) is 0. The molecule has 0 saturated heterocycles. The van der Waals surface area contributed by atoms with Gasteiger partial charge in [-0.05, 0) is 96.7 Å². The molecule has 1 heteroatoms. The van der Waals surface area contributed by atoms with Crippen LogP contribution in [0.15, 0.2) is 237 Å². The van der Waals surface area contributed by atoms with Crippen molar-refractivity contribution in [2.45, 2.75) is 5.41 Å². The standard InChI is InChI=1S/C55H39N/c1-4-20-45(21-5-1)55(46-22-6-2-7-23-46,47-24-8-3-9-25-47)48-26-16-27-50(39-48)56(54-38-44-19-12-13-28-51(44)52-29-14-15-30-53(52)54)49-35-33-41(34-36-49)43-32-31-40-17-10-11-18-42(40)37-43/h1-39H. The summed E-state index contributed by atoms with van der Waals surface area (Å²) in [4.78, 5) is 2.45. The Morgan fingerprint density at radius 3 is 1.41 bits per heavy atom. The first-order valence-electron chi connectivity index (χ1n) is 19.3. The third-order valence-corrected chi connectivity index (χ3v) is 11.4. The van der Waals surface area contributed by atoms with Gasteiger partial charge < -0.3 is 4.90 Å². The Hall–Kier alpha value is -7.22. The van der Waals surface area contributed by atoms with Crippen molar-refractivity contribution in [3.63, 3.8) is 0 Å². The fraction of sp³-hybridized carbons (Fsp3) is 0.0182. The molecule has 56 heavy (non-hydrogen) atoms. The van der Waals surface area contributed by atoms with Gasteiger partial charge in [0.05, 0.1) is 11.1 Å². The maximum Gasteiger partial charge on any atom is 0.0702 e. The molecular weight excluding hydrogens is 675 g/mol. The Morgan fingerprint density at radius 1 is 0.268 bits per heavy atom. The molecule has 10 aromatic carbocycles. The largest absolute Gasteiger partial charge is 0.310 e. The van der Waals surface area contributed by atoms with E-state index in [4.69, 9.17) is 0 Å². The van der Waals surface area contributed by atoms with Crippen LogP contribution in [0.25, 0.3) is 43.4 Å². The van der Waals surface area contributed by atoms with Gasteiger partial charge >= 0.3 is 0 Å². The molecule has 0 aliphatic heterocycles. The van der Waals surface area contributed by atoms with Gasteiger partial charge in [-0.25, -0.2) is 0 Å². The molecule has 0 aliphatic rings. The van der Waals surface area contributed by atoms with Crippen molar-refractivity contribution in [1.82, 2.24) is 0 Å². The Balaban J connectivity index is 1.22. The van der Waals surface area contributed by atoms with Gasteiger partial charge in [0.25, 0.3) is 0 Å². The third-order valence-electron chi connectivity index (χ3n) is 11.4. The van der Waals surface area contributed by atoms with E-state index in [-0.39, 0.29) is 0 Å². The van der Waals surface area contributed by atoms with Crippen LogP contribution in [0.2, 0.25) is 0 Å². The number of benzene rings is 10. The summed E-state index contributed by atoms with van der Waals surface area (Å²) in [5.74, 6) is 0. The first-order valence-corrected chi connectivity index (χ1v) is 19.3. The van der Waals surface area contributed by atoms with E-state index in [2.05, 4.69) is 241 Å². The highest BCUT2D eigenvalue weighted by atomic mass is 15.1. The molecule has 0 atom stereocenters. The Kier molecular flexibility index (Phi) is 8.46. The SMILES string of the molecule is c1ccc(C(c2ccccc2)(c2ccccc2)c2cccc(N(c3ccc(-c4ccc5ccccc5c4)cc3)c3cc4ccccc4c4ccccc34)c2)cc1. The third kappa shape index (κ3) is 5.73. The quantitative estimate of drug-likeness (QED) is 0.112. The van der Waals surface area contributed by atoms with Crippen molar-refractivity contribution in [3.8, 4) is 11.1 Å². The van der Waals surface area contributed by atoms with Crippen LogP contribution in [0.1, 0.15) is 22.3 Å². The summed E-state index contributed by atoms with van der Waals surface area (Å²) < 4.78 is 0. The predicted molar refractivity (Wildman–Crippen MR) is 237 cm³/mol. The number of hydrogen-bond acceptors (Lipinski definition) is 1. The minimum absolute atomic E-state index is 0.573. The number of nitrogens with zero attached hydrogens (tertiary/aromatic N) is 1. The molecule has 10 rings (SSSR count). The van der Waals surface area contributed by atoms with Gasteiger partial charge in [-0.3, -0.25) is 0 Å². The molecule has 0 aromatic heterocycles. The highest BCUT2D eigenvalue weighted by molar-refractivity contribution is 6.14. The molecule has 0 unspecified atom stereocenters. The minimum atomic E-state index is -0.573. The van der Waals surface area contributed by atoms with E-state index in [0.29, 0.717) is 0 Å². The number of anilines is 3. The lowest BCUT2D eigenvalue weighted by Gasteiger charge is -2.38. The molecule has 0 heterocycles. The van der Waals surface area contributed by atoms with E-state index < -0.39 is 5.41 Å². The zero-order valence-corrected chi connectivity index (χ0v) is 31.0. The van der Waals surface area contributed by atoms with Gasteiger partial charge in [-0.1, -0.05) is 200 Å². The van der Waals surface area contributed by atoms with E-state index in [1.165, 1.54) is 65.7 Å². The number of rotatable bonds is 8. The van der Waals surface area contributed by atoms with Crippen LogP contribution in [0.3, 0.4) is 0 Å². The fourth-order valence-electron chi connectivity index (χ4n) is 8.76. The molecule has 0 aliphatic carbocycles. The summed E-state index contributed by atoms with van der Waals surface area (Å²) >= 11 is 0. The maximum atomic E-state index is 2.45. The molecule has 264 valence electrons. The molecule has 0 bridgehead atoms. The van der Waals surface area contributed by atoms with Gasteiger partial charge in [0.15, 0.2) is 0 Å². The molecule has 0 radical (unpaired) electrons. The van der Waals surface area contributed by atoms with Crippen molar-refractivity contribution < 1.29 is 0 Å². The van der Waals surface area contributed by atoms with Gasteiger partial charge in [0.2, 0.25) is 0 Å². The van der Waals surface area contributed by atoms with E-state index >= 15 is 0 Å². The average molecular weight is 714 g/mol. The van der Waals surface area contributed by atoms with Crippen LogP contribution in [0.5, 0.6) is 0 Å².